The molecule has 0 unspecified atom stereocenters. The van der Waals surface area contributed by atoms with Gasteiger partial charge < -0.3 is 9.72 Å². The van der Waals surface area contributed by atoms with E-state index < -0.39 is 10.0 Å². The molecule has 4 aromatic heterocycles. The Balaban J connectivity index is 1.70. The van der Waals surface area contributed by atoms with Gasteiger partial charge in [0.2, 0.25) is 0 Å². The van der Waals surface area contributed by atoms with E-state index in [9.17, 15) is 13.2 Å². The van der Waals surface area contributed by atoms with E-state index in [1.807, 2.05) is 13.8 Å². The Bertz CT molecular complexity index is 1670. The van der Waals surface area contributed by atoms with Gasteiger partial charge in [0.1, 0.15) is 29.7 Å². The number of nitrogens with zero attached hydrogens (tertiary/aromatic N) is 7. The zero-order valence-corrected chi connectivity index (χ0v) is 19.7. The summed E-state index contributed by atoms with van der Waals surface area (Å²) in [4.78, 5) is 24.6. The van der Waals surface area contributed by atoms with Crippen LogP contribution in [0.5, 0.6) is 5.75 Å². The van der Waals surface area contributed by atoms with Crippen LogP contribution in [0.4, 0.5) is 5.95 Å². The van der Waals surface area contributed by atoms with Crippen LogP contribution in [0.15, 0.2) is 40.5 Å². The van der Waals surface area contributed by atoms with Crippen LogP contribution >= 0.6 is 0 Å². The molecule has 0 atom stereocenters. The molecule has 0 aliphatic carbocycles. The predicted octanol–water partition coefficient (Wildman–Crippen LogP) is 1.55. The van der Waals surface area contributed by atoms with Crippen molar-refractivity contribution >= 4 is 32.8 Å². The third-order valence-electron chi connectivity index (χ3n) is 5.21. The van der Waals surface area contributed by atoms with E-state index in [4.69, 9.17) is 4.74 Å². The maximum atomic E-state index is 13.0. The molecule has 0 aliphatic heterocycles. The normalized spacial score (nSPS) is 11.9. The number of benzene rings is 1. The van der Waals surface area contributed by atoms with E-state index in [2.05, 4.69) is 40.1 Å². The Morgan fingerprint density at radius 3 is 2.77 bits per heavy atom. The summed E-state index contributed by atoms with van der Waals surface area (Å²) in [5.74, 6) is 0.672. The molecule has 0 saturated heterocycles. The number of anilines is 1. The lowest BCUT2D eigenvalue weighted by Gasteiger charge is -2.12. The lowest BCUT2D eigenvalue weighted by atomic mass is 10.2. The minimum atomic E-state index is -4.00. The molecule has 35 heavy (non-hydrogen) atoms. The van der Waals surface area contributed by atoms with Gasteiger partial charge in [-0.15, -0.1) is 15.3 Å². The molecule has 5 aromatic rings. The number of hydrogen-bond acceptors (Lipinski definition) is 9. The number of ether oxygens (including phenoxy) is 1. The third kappa shape index (κ3) is 3.99. The number of imidazole rings is 1. The molecule has 0 saturated carbocycles. The van der Waals surface area contributed by atoms with Crippen molar-refractivity contribution < 1.29 is 13.2 Å². The second-order valence-electron chi connectivity index (χ2n) is 7.68. The molecule has 0 bridgehead atoms. The molecule has 0 amide bonds. The largest absolute Gasteiger partial charge is 0.493 e. The van der Waals surface area contributed by atoms with Crippen molar-refractivity contribution in [3.8, 4) is 17.1 Å². The Morgan fingerprint density at radius 2 is 2.03 bits per heavy atom. The molecule has 0 radical (unpaired) electrons. The summed E-state index contributed by atoms with van der Waals surface area (Å²) in [7, 11) is -4.00. The van der Waals surface area contributed by atoms with Gasteiger partial charge in [-0.1, -0.05) is 13.8 Å². The van der Waals surface area contributed by atoms with Crippen molar-refractivity contribution in [3.63, 3.8) is 0 Å². The van der Waals surface area contributed by atoms with Gasteiger partial charge >= 0.3 is 5.69 Å². The van der Waals surface area contributed by atoms with Crippen molar-refractivity contribution in [1.29, 1.82) is 0 Å². The third-order valence-corrected chi connectivity index (χ3v) is 6.54. The number of H-pyrrole nitrogens is 2. The zero-order chi connectivity index (χ0) is 24.6. The van der Waals surface area contributed by atoms with Crippen LogP contribution in [0.25, 0.3) is 28.2 Å². The van der Waals surface area contributed by atoms with Gasteiger partial charge in [-0.3, -0.25) is 9.67 Å². The van der Waals surface area contributed by atoms with Crippen molar-refractivity contribution in [2.45, 2.75) is 38.1 Å². The Hall–Kier alpha value is -4.27. The zero-order valence-electron chi connectivity index (χ0n) is 18.9. The van der Waals surface area contributed by atoms with E-state index in [0.29, 0.717) is 53.5 Å². The molecule has 4 heterocycles. The average Bonchev–Trinajstić information content (AvgIpc) is 3.60. The number of aryl methyl sites for hydroxylation is 1. The van der Waals surface area contributed by atoms with Gasteiger partial charge in [0, 0.05) is 6.54 Å². The monoisotopic (exact) mass is 498 g/mol. The fraction of sp³-hybridized carbons (Fsp3) is 0.300. The van der Waals surface area contributed by atoms with Crippen molar-refractivity contribution in [2.24, 2.45) is 0 Å². The van der Waals surface area contributed by atoms with Crippen molar-refractivity contribution in [3.05, 3.63) is 41.3 Å². The van der Waals surface area contributed by atoms with E-state index >= 15 is 0 Å². The Morgan fingerprint density at radius 1 is 1.17 bits per heavy atom. The van der Waals surface area contributed by atoms with E-state index in [1.165, 1.54) is 33.8 Å². The minimum absolute atomic E-state index is 0.0415. The summed E-state index contributed by atoms with van der Waals surface area (Å²) in [6, 6.07) is 4.44. The lowest BCUT2D eigenvalue weighted by molar-refractivity contribution is 0.318. The van der Waals surface area contributed by atoms with Gasteiger partial charge in [-0.05, 0) is 31.0 Å². The molecule has 3 N–H and O–H groups in total. The van der Waals surface area contributed by atoms with Crippen molar-refractivity contribution in [2.75, 3.05) is 11.3 Å². The highest BCUT2D eigenvalue weighted by Crippen LogP contribution is 2.33. The number of sulfonamides is 1. The molecule has 15 heteroatoms. The summed E-state index contributed by atoms with van der Waals surface area (Å²) in [5.41, 5.74) is 1.30. The number of aromatic amines is 2. The van der Waals surface area contributed by atoms with Gasteiger partial charge in [-0.25, -0.2) is 27.3 Å². The molecular weight excluding hydrogens is 476 g/mol. The number of nitrogens with one attached hydrogen (secondary N) is 3. The molecular formula is C20H22N10O4S. The van der Waals surface area contributed by atoms with Crippen LogP contribution in [0.1, 0.15) is 26.7 Å². The average molecular weight is 499 g/mol. The summed E-state index contributed by atoms with van der Waals surface area (Å²) in [6.07, 6.45) is 4.07. The van der Waals surface area contributed by atoms with Gasteiger partial charge in [0.05, 0.1) is 17.1 Å². The summed E-state index contributed by atoms with van der Waals surface area (Å²) in [6.45, 7) is 4.77. The molecule has 1 aromatic carbocycles. The fourth-order valence-electron chi connectivity index (χ4n) is 3.67. The maximum absolute atomic E-state index is 13.0. The van der Waals surface area contributed by atoms with E-state index in [1.54, 1.807) is 6.07 Å². The van der Waals surface area contributed by atoms with Crippen LogP contribution < -0.4 is 15.1 Å². The van der Waals surface area contributed by atoms with Crippen LogP contribution in [-0.2, 0) is 16.6 Å². The fourth-order valence-corrected chi connectivity index (χ4v) is 4.65. The van der Waals surface area contributed by atoms with Crippen LogP contribution in [0, 0.1) is 0 Å². The van der Waals surface area contributed by atoms with Gasteiger partial charge in [0.15, 0.2) is 11.3 Å². The van der Waals surface area contributed by atoms with Crippen molar-refractivity contribution in [1.82, 2.24) is 44.3 Å². The standard InChI is InChI=1S/C20H22N10O4S/c1-3-7-29-17-15(18-26-23-11-30(18)20(29)31)24-16(25-17)13-9-12(5-6-14(13)34-8-4-2)35(32,33)28-19-21-10-22-27-19/h5-6,9-11H,3-4,7-8H2,1-2H3,(H,24,25)(H2,21,22,27,28). The maximum Gasteiger partial charge on any atom is 0.336 e. The first-order valence-electron chi connectivity index (χ1n) is 10.9. The summed E-state index contributed by atoms with van der Waals surface area (Å²) >= 11 is 0. The summed E-state index contributed by atoms with van der Waals surface area (Å²) in [5, 5.41) is 14.1. The highest BCUT2D eigenvalue weighted by atomic mass is 32.2. The number of aromatic nitrogens is 9. The predicted molar refractivity (Wildman–Crippen MR) is 126 cm³/mol. The second-order valence-corrected chi connectivity index (χ2v) is 9.36. The van der Waals surface area contributed by atoms with Crippen LogP contribution in [0.2, 0.25) is 0 Å². The van der Waals surface area contributed by atoms with E-state index in [0.717, 1.165) is 6.42 Å². The minimum Gasteiger partial charge on any atom is -0.493 e. The number of hydrogen-bond donors (Lipinski definition) is 3. The van der Waals surface area contributed by atoms with Gasteiger partial charge in [0.25, 0.3) is 16.0 Å². The first kappa shape index (κ1) is 22.5. The summed E-state index contributed by atoms with van der Waals surface area (Å²) < 4.78 is 37.0. The number of rotatable bonds is 9. The first-order chi connectivity index (χ1) is 16.9. The molecule has 5 rings (SSSR count). The lowest BCUT2D eigenvalue weighted by Crippen LogP contribution is -2.26. The molecule has 14 nitrogen and oxygen atoms in total. The molecule has 182 valence electrons. The van der Waals surface area contributed by atoms with Crippen LogP contribution in [0.3, 0.4) is 0 Å². The number of fused-ring (bicyclic) bond motifs is 3. The molecule has 0 aliphatic rings. The Kier molecular flexibility index (Phi) is 5.68. The van der Waals surface area contributed by atoms with E-state index in [-0.39, 0.29) is 16.5 Å². The first-order valence-corrected chi connectivity index (χ1v) is 12.4. The quantitative estimate of drug-likeness (QED) is 0.272. The Labute approximate surface area is 198 Å². The van der Waals surface area contributed by atoms with Gasteiger partial charge in [-0.2, -0.15) is 4.98 Å². The highest BCUT2D eigenvalue weighted by Gasteiger charge is 2.22. The second kappa shape index (κ2) is 8.83. The smallest absolute Gasteiger partial charge is 0.336 e. The molecule has 0 fully saturated rings. The SMILES string of the molecule is CCCOc1ccc(S(=O)(=O)Nc2nc[nH]n2)cc1-c1nc2c([nH]1)c1nncn1c(=O)n2CCC. The topological polar surface area (TPSA) is 178 Å². The molecule has 0 spiro atoms. The van der Waals surface area contributed by atoms with Crippen LogP contribution in [-0.4, -0.2) is 59.3 Å². The highest BCUT2D eigenvalue weighted by molar-refractivity contribution is 7.92.